The molecule has 0 aliphatic heterocycles. The molecule has 8 nitrogen and oxygen atoms in total. The number of benzene rings is 1. The van der Waals surface area contributed by atoms with E-state index < -0.39 is 5.97 Å². The second kappa shape index (κ2) is 6.83. The number of esters is 1. The van der Waals surface area contributed by atoms with Crippen molar-refractivity contribution in [1.82, 2.24) is 24.4 Å². The third kappa shape index (κ3) is 3.45. The number of hydrogen-bond donors (Lipinski definition) is 0. The summed E-state index contributed by atoms with van der Waals surface area (Å²) in [7, 11) is 0. The van der Waals surface area contributed by atoms with E-state index in [-0.39, 0.29) is 17.9 Å². The summed E-state index contributed by atoms with van der Waals surface area (Å²) in [5.41, 5.74) is 2.39. The molecule has 0 N–H and O–H groups in total. The van der Waals surface area contributed by atoms with Gasteiger partial charge < -0.3 is 4.74 Å². The van der Waals surface area contributed by atoms with Gasteiger partial charge in [0.15, 0.2) is 5.69 Å². The minimum Gasteiger partial charge on any atom is -0.454 e. The Morgan fingerprint density at radius 2 is 1.96 bits per heavy atom. The fourth-order valence-corrected chi connectivity index (χ4v) is 2.59. The van der Waals surface area contributed by atoms with Gasteiger partial charge in [0.25, 0.3) is 5.56 Å². The van der Waals surface area contributed by atoms with Crippen molar-refractivity contribution in [2.24, 2.45) is 0 Å². The van der Waals surface area contributed by atoms with Gasteiger partial charge in [-0.3, -0.25) is 9.20 Å². The second-order valence-electron chi connectivity index (χ2n) is 5.95. The average molecular weight is 361 g/mol. The molecule has 27 heavy (non-hydrogen) atoms. The predicted octanol–water partition coefficient (Wildman–Crippen LogP) is 1.94. The number of hydrogen-bond acceptors (Lipinski definition) is 6. The van der Waals surface area contributed by atoms with Gasteiger partial charge in [0, 0.05) is 12.3 Å². The van der Waals surface area contributed by atoms with Gasteiger partial charge in [0.05, 0.1) is 17.6 Å². The zero-order valence-corrected chi connectivity index (χ0v) is 14.4. The van der Waals surface area contributed by atoms with Crippen LogP contribution in [0.3, 0.4) is 0 Å². The van der Waals surface area contributed by atoms with Gasteiger partial charge in [-0.05, 0) is 30.7 Å². The molecule has 1 aromatic carbocycles. The number of aromatic nitrogens is 5. The van der Waals surface area contributed by atoms with E-state index in [1.54, 1.807) is 12.3 Å². The molecule has 0 aliphatic rings. The van der Waals surface area contributed by atoms with E-state index in [1.165, 1.54) is 21.5 Å². The Morgan fingerprint density at radius 3 is 2.78 bits per heavy atom. The highest BCUT2D eigenvalue weighted by molar-refractivity contribution is 5.86. The second-order valence-corrected chi connectivity index (χ2v) is 5.95. The zero-order chi connectivity index (χ0) is 18.8. The first-order valence-corrected chi connectivity index (χ1v) is 8.24. The topological polar surface area (TPSA) is 91.4 Å². The summed E-state index contributed by atoms with van der Waals surface area (Å²) in [5, 5.41) is 8.18. The highest BCUT2D eigenvalue weighted by Crippen LogP contribution is 2.07. The van der Waals surface area contributed by atoms with E-state index in [0.29, 0.717) is 11.3 Å². The number of pyridine rings is 1. The van der Waals surface area contributed by atoms with Crippen LogP contribution in [-0.2, 0) is 11.3 Å². The van der Waals surface area contributed by atoms with Crippen molar-refractivity contribution in [2.45, 2.75) is 13.5 Å². The molecule has 0 fully saturated rings. The molecule has 0 atom stereocenters. The number of ether oxygens (including phenoxy) is 1. The van der Waals surface area contributed by atoms with Crippen LogP contribution in [0, 0.1) is 6.92 Å². The van der Waals surface area contributed by atoms with Gasteiger partial charge in [-0.25, -0.2) is 9.78 Å². The Morgan fingerprint density at radius 1 is 1.15 bits per heavy atom. The van der Waals surface area contributed by atoms with Crippen molar-refractivity contribution in [3.8, 4) is 5.69 Å². The quantitative estimate of drug-likeness (QED) is 0.516. The van der Waals surface area contributed by atoms with Crippen LogP contribution in [-0.4, -0.2) is 30.3 Å². The van der Waals surface area contributed by atoms with E-state index in [1.807, 2.05) is 43.3 Å². The molecule has 0 bridgehead atoms. The number of rotatable bonds is 4. The number of aryl methyl sites for hydroxylation is 1. The van der Waals surface area contributed by atoms with Crippen LogP contribution >= 0.6 is 0 Å². The molecule has 4 rings (SSSR count). The van der Waals surface area contributed by atoms with Crippen LogP contribution in [0.15, 0.2) is 65.7 Å². The predicted molar refractivity (Wildman–Crippen MR) is 96.7 cm³/mol. The monoisotopic (exact) mass is 361 g/mol. The molecule has 3 aromatic heterocycles. The van der Waals surface area contributed by atoms with Crippen molar-refractivity contribution < 1.29 is 9.53 Å². The van der Waals surface area contributed by atoms with Gasteiger partial charge in [-0.15, -0.1) is 5.10 Å². The Kier molecular flexibility index (Phi) is 4.21. The summed E-state index contributed by atoms with van der Waals surface area (Å²) in [6.07, 6.45) is 3.04. The summed E-state index contributed by atoms with van der Waals surface area (Å²) >= 11 is 0. The van der Waals surface area contributed by atoms with Gasteiger partial charge in [-0.2, -0.15) is 9.90 Å². The van der Waals surface area contributed by atoms with E-state index in [9.17, 15) is 9.59 Å². The normalized spacial score (nSPS) is 10.9. The van der Waals surface area contributed by atoms with Crippen LogP contribution in [0.25, 0.3) is 11.3 Å². The third-order valence-electron chi connectivity index (χ3n) is 3.90. The van der Waals surface area contributed by atoms with Crippen LogP contribution in [0.1, 0.15) is 21.7 Å². The lowest BCUT2D eigenvalue weighted by Gasteiger charge is -2.05. The van der Waals surface area contributed by atoms with Gasteiger partial charge in [0.2, 0.25) is 0 Å². The van der Waals surface area contributed by atoms with Crippen molar-refractivity contribution >= 4 is 11.6 Å². The maximum Gasteiger partial charge on any atom is 0.360 e. The Labute approximate surface area is 153 Å². The molecule has 0 aliphatic carbocycles. The Balaban J connectivity index is 1.50. The molecule has 134 valence electrons. The number of para-hydroxylation sites is 1. The van der Waals surface area contributed by atoms with E-state index in [4.69, 9.17) is 4.74 Å². The Hall–Kier alpha value is -3.81. The fourth-order valence-electron chi connectivity index (χ4n) is 2.59. The van der Waals surface area contributed by atoms with E-state index in [2.05, 4.69) is 15.2 Å². The van der Waals surface area contributed by atoms with Crippen LogP contribution in [0.5, 0.6) is 0 Å². The first kappa shape index (κ1) is 16.6. The largest absolute Gasteiger partial charge is 0.454 e. The number of nitrogens with zero attached hydrogens (tertiary/aromatic N) is 5. The lowest BCUT2D eigenvalue weighted by atomic mass is 10.3. The first-order valence-electron chi connectivity index (χ1n) is 8.24. The van der Waals surface area contributed by atoms with Crippen molar-refractivity contribution in [1.29, 1.82) is 0 Å². The summed E-state index contributed by atoms with van der Waals surface area (Å²) < 4.78 is 6.68. The van der Waals surface area contributed by atoms with Gasteiger partial charge in [0.1, 0.15) is 12.3 Å². The molecule has 0 saturated carbocycles. The maximum absolute atomic E-state index is 12.2. The standard InChI is InChI=1S/C19H15N5O3/c1-13-7-8-17-21-14(9-18(25)23(17)11-13)12-27-19(26)16-10-20-24(22-16)15-5-3-2-4-6-15/h2-11H,12H2,1H3. The van der Waals surface area contributed by atoms with Gasteiger partial charge in [-0.1, -0.05) is 24.3 Å². The third-order valence-corrected chi connectivity index (χ3v) is 3.90. The van der Waals surface area contributed by atoms with E-state index in [0.717, 1.165) is 11.3 Å². The number of carbonyl (C=O) groups is 1. The zero-order valence-electron chi connectivity index (χ0n) is 14.4. The summed E-state index contributed by atoms with van der Waals surface area (Å²) in [5.74, 6) is -0.636. The van der Waals surface area contributed by atoms with Crippen molar-refractivity contribution in [3.05, 3.63) is 88.2 Å². The molecule has 0 saturated heterocycles. The van der Waals surface area contributed by atoms with Crippen LogP contribution in [0.2, 0.25) is 0 Å². The summed E-state index contributed by atoms with van der Waals surface area (Å²) in [4.78, 5) is 30.1. The first-order chi connectivity index (χ1) is 13.1. The molecule has 0 amide bonds. The summed E-state index contributed by atoms with van der Waals surface area (Å²) in [6, 6.07) is 14.2. The highest BCUT2D eigenvalue weighted by atomic mass is 16.5. The molecular formula is C19H15N5O3. The summed E-state index contributed by atoms with van der Waals surface area (Å²) in [6.45, 7) is 1.76. The molecule has 4 aromatic rings. The lowest BCUT2D eigenvalue weighted by molar-refractivity contribution is 0.0460. The van der Waals surface area contributed by atoms with Crippen molar-refractivity contribution in [2.75, 3.05) is 0 Å². The highest BCUT2D eigenvalue weighted by Gasteiger charge is 2.14. The molecule has 8 heteroatoms. The molecule has 0 spiro atoms. The van der Waals surface area contributed by atoms with Crippen LogP contribution in [0.4, 0.5) is 0 Å². The minimum absolute atomic E-state index is 0.0759. The molecule has 0 unspecified atom stereocenters. The van der Waals surface area contributed by atoms with E-state index >= 15 is 0 Å². The molecule has 3 heterocycles. The lowest BCUT2D eigenvalue weighted by Crippen LogP contribution is -2.17. The Bertz CT molecular complexity index is 1180. The number of carbonyl (C=O) groups excluding carboxylic acids is 1. The molecular weight excluding hydrogens is 346 g/mol. The number of fused-ring (bicyclic) bond motifs is 1. The minimum atomic E-state index is -0.636. The van der Waals surface area contributed by atoms with Crippen LogP contribution < -0.4 is 5.56 Å². The average Bonchev–Trinajstić information content (AvgIpc) is 3.18. The fraction of sp³-hybridized carbons (Fsp3) is 0.105. The van der Waals surface area contributed by atoms with Gasteiger partial charge >= 0.3 is 5.97 Å². The van der Waals surface area contributed by atoms with Crippen molar-refractivity contribution in [3.63, 3.8) is 0 Å². The maximum atomic E-state index is 12.2. The molecule has 0 radical (unpaired) electrons. The SMILES string of the molecule is Cc1ccc2nc(COC(=O)c3cnn(-c4ccccc4)n3)cc(=O)n2c1. The smallest absolute Gasteiger partial charge is 0.360 e.